The molecule has 1 aromatic heterocycles. The minimum Gasteiger partial charge on any atom is -0.358 e. The molecule has 0 saturated heterocycles. The molecule has 27 heavy (non-hydrogen) atoms. The van der Waals surface area contributed by atoms with E-state index in [4.69, 9.17) is 0 Å². The van der Waals surface area contributed by atoms with Crippen molar-refractivity contribution in [3.8, 4) is 0 Å². The van der Waals surface area contributed by atoms with Crippen LogP contribution in [0.1, 0.15) is 35.7 Å². The first-order chi connectivity index (χ1) is 13.2. The Hall–Kier alpha value is -2.94. The molecular weight excluding hydrogens is 330 g/mol. The van der Waals surface area contributed by atoms with Crippen LogP contribution in [-0.4, -0.2) is 16.0 Å². The van der Waals surface area contributed by atoms with Gasteiger partial charge >= 0.3 is 0 Å². The average Bonchev–Trinajstić information content (AvgIpc) is 2.69. The zero-order valence-corrected chi connectivity index (χ0v) is 15.9. The topological polar surface area (TPSA) is 37.8 Å². The molecule has 1 aliphatic heterocycles. The molecule has 0 radical (unpaired) electrons. The van der Waals surface area contributed by atoms with Crippen LogP contribution in [0.25, 0.3) is 11.6 Å². The molecular formula is C24H25N3. The largest absolute Gasteiger partial charge is 0.358 e. The maximum Gasteiger partial charge on any atom is 0.152 e. The van der Waals surface area contributed by atoms with Crippen molar-refractivity contribution in [2.45, 2.75) is 32.7 Å². The Morgan fingerprint density at radius 1 is 1.19 bits per heavy atom. The molecule has 136 valence electrons. The molecule has 0 spiro atoms. The summed E-state index contributed by atoms with van der Waals surface area (Å²) in [4.78, 5) is 8.82. The third-order valence-corrected chi connectivity index (χ3v) is 5.33. The van der Waals surface area contributed by atoms with Crippen LogP contribution in [0.5, 0.6) is 0 Å². The number of allylic oxidation sites excluding steroid dienone is 3. The van der Waals surface area contributed by atoms with Gasteiger partial charge in [0.25, 0.3) is 0 Å². The lowest BCUT2D eigenvalue weighted by Crippen LogP contribution is -2.25. The number of benzene rings is 1. The normalized spacial score (nSPS) is 21.0. The van der Waals surface area contributed by atoms with Gasteiger partial charge in [0, 0.05) is 12.4 Å². The summed E-state index contributed by atoms with van der Waals surface area (Å²) >= 11 is 0. The second kappa shape index (κ2) is 7.36. The Balaban J connectivity index is 1.74. The summed E-state index contributed by atoms with van der Waals surface area (Å²) in [6, 6.07) is 6.93. The number of rotatable bonds is 4. The van der Waals surface area contributed by atoms with Gasteiger partial charge in [-0.25, -0.2) is 4.98 Å². The smallest absolute Gasteiger partial charge is 0.152 e. The quantitative estimate of drug-likeness (QED) is 0.749. The fraction of sp³-hybridized carbons (Fsp3) is 0.250. The van der Waals surface area contributed by atoms with E-state index in [1.165, 1.54) is 27.8 Å². The number of nitrogens with zero attached hydrogens (tertiary/aromatic N) is 2. The lowest BCUT2D eigenvalue weighted by molar-refractivity contribution is 0.738. The van der Waals surface area contributed by atoms with Crippen molar-refractivity contribution in [3.05, 3.63) is 89.4 Å². The van der Waals surface area contributed by atoms with Crippen molar-refractivity contribution >= 4 is 17.5 Å². The first-order valence-electron chi connectivity index (χ1n) is 9.53. The Morgan fingerprint density at radius 2 is 2.04 bits per heavy atom. The van der Waals surface area contributed by atoms with Crippen LogP contribution in [0.4, 0.5) is 5.82 Å². The highest BCUT2D eigenvalue weighted by Gasteiger charge is 2.23. The molecule has 2 aromatic rings. The number of hydrogen-bond donors (Lipinski definition) is 1. The number of nitrogens with one attached hydrogen (secondary N) is 1. The lowest BCUT2D eigenvalue weighted by Gasteiger charge is -2.28. The monoisotopic (exact) mass is 355 g/mol. The van der Waals surface area contributed by atoms with Gasteiger partial charge in [0.05, 0.1) is 6.04 Å². The van der Waals surface area contributed by atoms with E-state index < -0.39 is 0 Å². The van der Waals surface area contributed by atoms with Crippen molar-refractivity contribution in [1.29, 1.82) is 0 Å². The highest BCUT2D eigenvalue weighted by atomic mass is 15.0. The molecule has 1 aromatic carbocycles. The van der Waals surface area contributed by atoms with E-state index in [9.17, 15) is 0 Å². The number of fused-ring (bicyclic) bond motifs is 1. The standard InChI is InChI=1S/C24H25N3/c1-4-5-18-7-8-19(15-17(18)3)21-14-16(2)6-9-20(21)22-10-11-23-24(27-22)26-13-12-25-23/h4,6-13,15-16,22H,1,5,14H2,2-3H3,(H,26,27). The van der Waals surface area contributed by atoms with Gasteiger partial charge in [-0.05, 0) is 59.6 Å². The van der Waals surface area contributed by atoms with Crippen LogP contribution >= 0.6 is 0 Å². The molecule has 2 heterocycles. The summed E-state index contributed by atoms with van der Waals surface area (Å²) < 4.78 is 0. The van der Waals surface area contributed by atoms with Gasteiger partial charge in [-0.15, -0.1) is 6.58 Å². The fourth-order valence-corrected chi connectivity index (χ4v) is 3.87. The Morgan fingerprint density at radius 3 is 2.85 bits per heavy atom. The zero-order valence-electron chi connectivity index (χ0n) is 15.9. The third-order valence-electron chi connectivity index (χ3n) is 5.33. The van der Waals surface area contributed by atoms with Gasteiger partial charge in [0.15, 0.2) is 5.82 Å². The molecule has 4 rings (SSSR count). The molecule has 0 bridgehead atoms. The van der Waals surface area contributed by atoms with Crippen molar-refractivity contribution in [2.75, 3.05) is 5.32 Å². The van der Waals surface area contributed by atoms with Crippen LogP contribution < -0.4 is 5.32 Å². The van der Waals surface area contributed by atoms with Crippen molar-refractivity contribution in [2.24, 2.45) is 5.92 Å². The fourth-order valence-electron chi connectivity index (χ4n) is 3.87. The van der Waals surface area contributed by atoms with Gasteiger partial charge in [-0.3, -0.25) is 4.98 Å². The summed E-state index contributed by atoms with van der Waals surface area (Å²) in [5, 5.41) is 3.54. The summed E-state index contributed by atoms with van der Waals surface area (Å²) in [6.07, 6.45) is 16.2. The predicted octanol–water partition coefficient (Wildman–Crippen LogP) is 5.37. The van der Waals surface area contributed by atoms with Crippen molar-refractivity contribution in [1.82, 2.24) is 9.97 Å². The Bertz CT molecular complexity index is 965. The highest BCUT2D eigenvalue weighted by molar-refractivity contribution is 5.77. The maximum absolute atomic E-state index is 4.44. The summed E-state index contributed by atoms with van der Waals surface area (Å²) in [6.45, 7) is 8.33. The highest BCUT2D eigenvalue weighted by Crippen LogP contribution is 2.36. The SMILES string of the molecule is C=CCc1ccc(C2=C(C3C=Cc4nccnc4N3)C=CC(C)C2)cc1C. The van der Waals surface area contributed by atoms with E-state index in [0.717, 1.165) is 24.4 Å². The molecule has 3 nitrogen and oxygen atoms in total. The van der Waals surface area contributed by atoms with Crippen LogP contribution in [-0.2, 0) is 6.42 Å². The summed E-state index contributed by atoms with van der Waals surface area (Å²) in [7, 11) is 0. The molecule has 0 saturated carbocycles. The van der Waals surface area contributed by atoms with E-state index in [1.807, 2.05) is 6.08 Å². The van der Waals surface area contributed by atoms with E-state index in [2.05, 4.69) is 78.2 Å². The van der Waals surface area contributed by atoms with Crippen molar-refractivity contribution in [3.63, 3.8) is 0 Å². The van der Waals surface area contributed by atoms with E-state index in [-0.39, 0.29) is 6.04 Å². The number of anilines is 1. The molecule has 3 heteroatoms. The van der Waals surface area contributed by atoms with Gasteiger partial charge < -0.3 is 5.32 Å². The summed E-state index contributed by atoms with van der Waals surface area (Å²) in [5.74, 6) is 1.39. The molecule has 0 fully saturated rings. The van der Waals surface area contributed by atoms with E-state index in [1.54, 1.807) is 12.4 Å². The van der Waals surface area contributed by atoms with Crippen LogP contribution in [0.3, 0.4) is 0 Å². The molecule has 0 amide bonds. The molecule has 2 aliphatic rings. The van der Waals surface area contributed by atoms with Crippen LogP contribution in [0, 0.1) is 12.8 Å². The molecule has 2 atom stereocenters. The lowest BCUT2D eigenvalue weighted by atomic mass is 9.82. The van der Waals surface area contributed by atoms with Gasteiger partial charge in [0.1, 0.15) is 5.69 Å². The zero-order chi connectivity index (χ0) is 18.8. The number of aryl methyl sites for hydroxylation is 1. The Labute approximate surface area is 161 Å². The first-order valence-corrected chi connectivity index (χ1v) is 9.53. The number of hydrogen-bond acceptors (Lipinski definition) is 3. The maximum atomic E-state index is 4.44. The van der Waals surface area contributed by atoms with Gasteiger partial charge in [-0.2, -0.15) is 0 Å². The van der Waals surface area contributed by atoms with Gasteiger partial charge in [0.2, 0.25) is 0 Å². The second-order valence-electron chi connectivity index (χ2n) is 7.38. The first kappa shape index (κ1) is 17.5. The van der Waals surface area contributed by atoms with Crippen LogP contribution in [0.15, 0.2) is 67.0 Å². The van der Waals surface area contributed by atoms with Crippen LogP contribution in [0.2, 0.25) is 0 Å². The van der Waals surface area contributed by atoms with E-state index in [0.29, 0.717) is 5.92 Å². The average molecular weight is 355 g/mol. The second-order valence-corrected chi connectivity index (χ2v) is 7.38. The number of aromatic nitrogens is 2. The summed E-state index contributed by atoms with van der Waals surface area (Å²) in [5.41, 5.74) is 7.60. The van der Waals surface area contributed by atoms with Gasteiger partial charge in [-0.1, -0.05) is 49.4 Å². The Kier molecular flexibility index (Phi) is 4.76. The minimum atomic E-state index is 0.112. The van der Waals surface area contributed by atoms with E-state index >= 15 is 0 Å². The molecule has 1 aliphatic carbocycles. The third kappa shape index (κ3) is 3.50. The minimum absolute atomic E-state index is 0.112. The van der Waals surface area contributed by atoms with Crippen molar-refractivity contribution < 1.29 is 0 Å². The molecule has 2 unspecified atom stereocenters. The molecule has 1 N–H and O–H groups in total. The predicted molar refractivity (Wildman–Crippen MR) is 113 cm³/mol.